The Morgan fingerprint density at radius 1 is 1.08 bits per heavy atom. The van der Waals surface area contributed by atoms with Crippen molar-refractivity contribution in [1.82, 2.24) is 15.1 Å². The number of nitrogens with one attached hydrogen (secondary N) is 1. The minimum absolute atomic E-state index is 0.0713. The molecule has 4 rings (SSSR count). The first-order valence-corrected chi connectivity index (χ1v) is 10.0. The van der Waals surface area contributed by atoms with Gasteiger partial charge in [0.05, 0.1) is 6.54 Å². The first-order valence-electron chi connectivity index (χ1n) is 9.15. The van der Waals surface area contributed by atoms with Gasteiger partial charge in [-0.3, -0.25) is 4.90 Å². The molecule has 1 unspecified atom stereocenters. The van der Waals surface area contributed by atoms with E-state index in [1.165, 1.54) is 28.8 Å². The lowest BCUT2D eigenvalue weighted by atomic mass is 9.87. The average Bonchev–Trinajstić information content (AvgIpc) is 3.19. The Kier molecular flexibility index (Phi) is 5.04. The molecule has 1 aromatic heterocycles. The van der Waals surface area contributed by atoms with Crippen molar-refractivity contribution in [2.75, 3.05) is 26.2 Å². The fourth-order valence-corrected chi connectivity index (χ4v) is 4.61. The van der Waals surface area contributed by atoms with E-state index in [2.05, 4.69) is 40.5 Å². The van der Waals surface area contributed by atoms with Gasteiger partial charge in [-0.15, -0.1) is 11.3 Å². The summed E-state index contributed by atoms with van der Waals surface area (Å²) >= 11 is 1.68. The van der Waals surface area contributed by atoms with Crippen molar-refractivity contribution in [3.05, 3.63) is 57.8 Å². The number of fused-ring (bicyclic) bond motifs is 1. The summed E-state index contributed by atoms with van der Waals surface area (Å²) in [4.78, 5) is 18.1. The van der Waals surface area contributed by atoms with Crippen molar-refractivity contribution in [2.45, 2.75) is 31.8 Å². The van der Waals surface area contributed by atoms with Gasteiger partial charge in [0, 0.05) is 37.1 Å². The number of aryl methyl sites for hydroxylation is 1. The zero-order valence-corrected chi connectivity index (χ0v) is 15.3. The summed E-state index contributed by atoms with van der Waals surface area (Å²) in [6.45, 7) is 4.26. The molecular formula is C20H25N3OS. The molecule has 2 heterocycles. The van der Waals surface area contributed by atoms with Crippen LogP contribution in [0.5, 0.6) is 0 Å². The molecule has 2 aromatic rings. The molecule has 132 valence electrons. The van der Waals surface area contributed by atoms with E-state index >= 15 is 0 Å². The number of amides is 2. The fraction of sp³-hybridized carbons (Fsp3) is 0.450. The Morgan fingerprint density at radius 2 is 1.88 bits per heavy atom. The summed E-state index contributed by atoms with van der Waals surface area (Å²) in [7, 11) is 0. The SMILES string of the molecule is O=C(NCc1cccs1)N1CCN(C2CCc3ccccc3C2)CC1. The molecule has 1 aliphatic heterocycles. The molecular weight excluding hydrogens is 330 g/mol. The van der Waals surface area contributed by atoms with Crippen LogP contribution in [0.2, 0.25) is 0 Å². The second-order valence-corrected chi connectivity index (χ2v) is 7.96. The Morgan fingerprint density at radius 3 is 2.64 bits per heavy atom. The normalized spacial score (nSPS) is 21.0. The zero-order chi connectivity index (χ0) is 17.1. The summed E-state index contributed by atoms with van der Waals surface area (Å²) < 4.78 is 0. The maximum absolute atomic E-state index is 12.3. The molecule has 25 heavy (non-hydrogen) atoms. The first-order chi connectivity index (χ1) is 12.3. The molecule has 0 spiro atoms. The van der Waals surface area contributed by atoms with Crippen LogP contribution in [0.25, 0.3) is 0 Å². The lowest BCUT2D eigenvalue weighted by Crippen LogP contribution is -2.54. The average molecular weight is 356 g/mol. The number of nitrogens with zero attached hydrogens (tertiary/aromatic N) is 2. The van der Waals surface area contributed by atoms with Crippen molar-refractivity contribution in [3.8, 4) is 0 Å². The van der Waals surface area contributed by atoms with Crippen LogP contribution in [-0.4, -0.2) is 48.1 Å². The highest BCUT2D eigenvalue weighted by molar-refractivity contribution is 7.09. The molecule has 0 radical (unpaired) electrons. The van der Waals surface area contributed by atoms with Crippen molar-refractivity contribution < 1.29 is 4.79 Å². The molecule has 2 aliphatic rings. The van der Waals surface area contributed by atoms with Crippen LogP contribution in [0.15, 0.2) is 41.8 Å². The number of benzene rings is 1. The van der Waals surface area contributed by atoms with Gasteiger partial charge in [-0.05, 0) is 41.8 Å². The minimum Gasteiger partial charge on any atom is -0.333 e. The van der Waals surface area contributed by atoms with Crippen molar-refractivity contribution >= 4 is 17.4 Å². The molecule has 1 fully saturated rings. The van der Waals surface area contributed by atoms with Crippen LogP contribution < -0.4 is 5.32 Å². The molecule has 4 nitrogen and oxygen atoms in total. The van der Waals surface area contributed by atoms with Gasteiger partial charge < -0.3 is 10.2 Å². The topological polar surface area (TPSA) is 35.6 Å². The van der Waals surface area contributed by atoms with Crippen molar-refractivity contribution in [3.63, 3.8) is 0 Å². The number of carbonyl (C=O) groups excluding carboxylic acids is 1. The molecule has 1 atom stereocenters. The van der Waals surface area contributed by atoms with Gasteiger partial charge in [0.15, 0.2) is 0 Å². The van der Waals surface area contributed by atoms with Gasteiger partial charge in [0.1, 0.15) is 0 Å². The smallest absolute Gasteiger partial charge is 0.317 e. The number of carbonyl (C=O) groups is 1. The molecule has 1 aliphatic carbocycles. The van der Waals surface area contributed by atoms with E-state index in [4.69, 9.17) is 0 Å². The van der Waals surface area contributed by atoms with E-state index in [1.54, 1.807) is 11.3 Å². The molecule has 0 saturated carbocycles. The Hall–Kier alpha value is -1.85. The largest absolute Gasteiger partial charge is 0.333 e. The third-order valence-electron chi connectivity index (χ3n) is 5.43. The van der Waals surface area contributed by atoms with Gasteiger partial charge in [-0.25, -0.2) is 4.79 Å². The maximum Gasteiger partial charge on any atom is 0.317 e. The number of piperazine rings is 1. The lowest BCUT2D eigenvalue weighted by molar-refractivity contribution is 0.101. The summed E-state index contributed by atoms with van der Waals surface area (Å²) in [5, 5.41) is 5.09. The van der Waals surface area contributed by atoms with Crippen LogP contribution in [0.4, 0.5) is 4.79 Å². The molecule has 1 aromatic carbocycles. The predicted octanol–water partition coefficient (Wildman–Crippen LogP) is 3.13. The third-order valence-corrected chi connectivity index (χ3v) is 6.31. The summed E-state index contributed by atoms with van der Waals surface area (Å²) in [6, 6.07) is 13.6. The number of hydrogen-bond donors (Lipinski definition) is 1. The molecule has 1 saturated heterocycles. The quantitative estimate of drug-likeness (QED) is 0.918. The summed E-state index contributed by atoms with van der Waals surface area (Å²) in [5.41, 5.74) is 3.03. The van der Waals surface area contributed by atoms with E-state index in [0.29, 0.717) is 12.6 Å². The maximum atomic E-state index is 12.3. The predicted molar refractivity (Wildman–Crippen MR) is 102 cm³/mol. The molecule has 0 bridgehead atoms. The Balaban J connectivity index is 1.26. The van der Waals surface area contributed by atoms with Gasteiger partial charge in [0.2, 0.25) is 0 Å². The molecule has 2 amide bonds. The fourth-order valence-electron chi connectivity index (χ4n) is 3.97. The number of hydrogen-bond acceptors (Lipinski definition) is 3. The van der Waals surface area contributed by atoms with Crippen LogP contribution in [-0.2, 0) is 19.4 Å². The standard InChI is InChI=1S/C20H25N3OS/c24-20(21-15-19-6-3-13-25-19)23-11-9-22(10-12-23)18-8-7-16-4-1-2-5-17(16)14-18/h1-6,13,18H,7-12,14-15H2,(H,21,24). The first kappa shape index (κ1) is 16.6. The van der Waals surface area contributed by atoms with E-state index in [0.717, 1.165) is 32.6 Å². The summed E-state index contributed by atoms with van der Waals surface area (Å²) in [5.74, 6) is 0. The van der Waals surface area contributed by atoms with Crippen molar-refractivity contribution in [2.24, 2.45) is 0 Å². The Labute approximate surface area is 153 Å². The van der Waals surface area contributed by atoms with Crippen LogP contribution in [0, 0.1) is 0 Å². The second kappa shape index (κ2) is 7.58. The molecule has 5 heteroatoms. The van der Waals surface area contributed by atoms with E-state index < -0.39 is 0 Å². The van der Waals surface area contributed by atoms with Crippen LogP contribution in [0.1, 0.15) is 22.4 Å². The van der Waals surface area contributed by atoms with Gasteiger partial charge >= 0.3 is 6.03 Å². The van der Waals surface area contributed by atoms with Gasteiger partial charge in [-0.2, -0.15) is 0 Å². The van der Waals surface area contributed by atoms with Crippen LogP contribution in [0.3, 0.4) is 0 Å². The highest BCUT2D eigenvalue weighted by Crippen LogP contribution is 2.25. The highest BCUT2D eigenvalue weighted by atomic mass is 32.1. The van der Waals surface area contributed by atoms with Gasteiger partial charge in [-0.1, -0.05) is 30.3 Å². The Bertz CT molecular complexity index is 707. The lowest BCUT2D eigenvalue weighted by Gasteiger charge is -2.41. The zero-order valence-electron chi connectivity index (χ0n) is 14.5. The third kappa shape index (κ3) is 3.88. The number of rotatable bonds is 3. The number of thiophene rings is 1. The van der Waals surface area contributed by atoms with E-state index in [1.807, 2.05) is 16.3 Å². The highest BCUT2D eigenvalue weighted by Gasteiger charge is 2.28. The van der Waals surface area contributed by atoms with E-state index in [9.17, 15) is 4.79 Å². The van der Waals surface area contributed by atoms with Gasteiger partial charge in [0.25, 0.3) is 0 Å². The monoisotopic (exact) mass is 355 g/mol. The molecule has 1 N–H and O–H groups in total. The van der Waals surface area contributed by atoms with Crippen LogP contribution >= 0.6 is 11.3 Å². The second-order valence-electron chi connectivity index (χ2n) is 6.93. The van der Waals surface area contributed by atoms with E-state index in [-0.39, 0.29) is 6.03 Å². The minimum atomic E-state index is 0.0713. The summed E-state index contributed by atoms with van der Waals surface area (Å²) in [6.07, 6.45) is 3.57. The van der Waals surface area contributed by atoms with Crippen molar-refractivity contribution in [1.29, 1.82) is 0 Å². The number of urea groups is 1.